The Morgan fingerprint density at radius 3 is 2.10 bits per heavy atom. The molecule has 0 unspecified atom stereocenters. The second-order valence-corrected chi connectivity index (χ2v) is 8.44. The van der Waals surface area contributed by atoms with Crippen LogP contribution in [-0.2, 0) is 14.3 Å². The molecule has 6 nitrogen and oxygen atoms in total. The summed E-state index contributed by atoms with van der Waals surface area (Å²) in [5, 5.41) is 28.9. The largest absolute Gasteiger partial charge is 0.463 e. The average molecular weight is 429 g/mol. The molecule has 4 atom stereocenters. The topological polar surface area (TPSA) is 96.2 Å². The fourth-order valence-corrected chi connectivity index (χ4v) is 3.66. The molecular formula is C24H44O6. The maximum atomic E-state index is 11.8. The summed E-state index contributed by atoms with van der Waals surface area (Å²) in [6, 6.07) is 0. The van der Waals surface area contributed by atoms with Crippen molar-refractivity contribution in [3.05, 3.63) is 12.2 Å². The Kier molecular flexibility index (Phi) is 16.0. The van der Waals surface area contributed by atoms with Crippen LogP contribution in [0.4, 0.5) is 0 Å². The number of rotatable bonds is 17. The zero-order valence-electron chi connectivity index (χ0n) is 18.8. The molecule has 1 heterocycles. The first-order valence-electron chi connectivity index (χ1n) is 12.0. The third kappa shape index (κ3) is 13.4. The molecule has 1 fully saturated rings. The van der Waals surface area contributed by atoms with Crippen LogP contribution < -0.4 is 0 Å². The second-order valence-electron chi connectivity index (χ2n) is 8.44. The molecule has 1 saturated heterocycles. The summed E-state index contributed by atoms with van der Waals surface area (Å²) in [6.45, 7) is 2.10. The number of ether oxygens (including phenoxy) is 2. The lowest BCUT2D eigenvalue weighted by Gasteiger charge is -2.34. The van der Waals surface area contributed by atoms with Gasteiger partial charge in [-0.1, -0.05) is 70.4 Å². The molecule has 30 heavy (non-hydrogen) atoms. The van der Waals surface area contributed by atoms with Crippen molar-refractivity contribution in [2.45, 2.75) is 128 Å². The van der Waals surface area contributed by atoms with Gasteiger partial charge in [-0.15, -0.1) is 0 Å². The Morgan fingerprint density at radius 2 is 1.47 bits per heavy atom. The fourth-order valence-electron chi connectivity index (χ4n) is 3.66. The van der Waals surface area contributed by atoms with Gasteiger partial charge in [0.2, 0.25) is 0 Å². The van der Waals surface area contributed by atoms with Crippen LogP contribution in [-0.4, -0.2) is 52.5 Å². The van der Waals surface area contributed by atoms with E-state index in [4.69, 9.17) is 9.47 Å². The quantitative estimate of drug-likeness (QED) is 0.181. The molecule has 0 bridgehead atoms. The highest BCUT2D eigenvalue weighted by Gasteiger charge is 2.36. The Morgan fingerprint density at radius 1 is 0.900 bits per heavy atom. The average Bonchev–Trinajstić information content (AvgIpc) is 2.72. The van der Waals surface area contributed by atoms with E-state index in [1.807, 2.05) is 0 Å². The number of esters is 1. The summed E-state index contributed by atoms with van der Waals surface area (Å²) in [6.07, 6.45) is 16.4. The van der Waals surface area contributed by atoms with Gasteiger partial charge in [0.05, 0.1) is 6.10 Å². The normalized spacial score (nSPS) is 24.4. The smallest absolute Gasteiger partial charge is 0.305 e. The molecule has 0 amide bonds. The minimum absolute atomic E-state index is 0.0411. The van der Waals surface area contributed by atoms with E-state index in [0.29, 0.717) is 6.42 Å². The van der Waals surface area contributed by atoms with Crippen molar-refractivity contribution in [2.75, 3.05) is 6.61 Å². The predicted octanol–water partition coefficient (Wildman–Crippen LogP) is 4.40. The van der Waals surface area contributed by atoms with Crippen LogP contribution in [0.1, 0.15) is 103 Å². The molecule has 1 aliphatic rings. The fraction of sp³-hybridized carbons (Fsp3) is 0.875. The maximum absolute atomic E-state index is 11.8. The van der Waals surface area contributed by atoms with E-state index in [0.717, 1.165) is 25.7 Å². The van der Waals surface area contributed by atoms with E-state index < -0.39 is 24.6 Å². The van der Waals surface area contributed by atoms with Crippen molar-refractivity contribution >= 4 is 5.97 Å². The Labute approximate surface area is 182 Å². The van der Waals surface area contributed by atoms with Crippen LogP contribution in [0.25, 0.3) is 0 Å². The molecule has 0 aromatic heterocycles. The van der Waals surface area contributed by atoms with Crippen LogP contribution >= 0.6 is 0 Å². The van der Waals surface area contributed by atoms with Gasteiger partial charge in [-0.3, -0.25) is 4.79 Å². The van der Waals surface area contributed by atoms with E-state index >= 15 is 0 Å². The van der Waals surface area contributed by atoms with Gasteiger partial charge < -0.3 is 24.8 Å². The summed E-state index contributed by atoms with van der Waals surface area (Å²) in [5.74, 6) is -0.335. The first kappa shape index (κ1) is 27.1. The van der Waals surface area contributed by atoms with Gasteiger partial charge in [-0.2, -0.15) is 0 Å². The lowest BCUT2D eigenvalue weighted by atomic mass is 10.0. The van der Waals surface area contributed by atoms with E-state index in [1.165, 1.54) is 57.8 Å². The molecule has 0 radical (unpaired) electrons. The number of carbonyl (C=O) groups excluding carboxylic acids is 1. The summed E-state index contributed by atoms with van der Waals surface area (Å²) >= 11 is 0. The van der Waals surface area contributed by atoms with Gasteiger partial charge in [-0.05, 0) is 32.1 Å². The number of hydrogen-bond acceptors (Lipinski definition) is 6. The summed E-state index contributed by atoms with van der Waals surface area (Å²) in [5.41, 5.74) is 0. The highest BCUT2D eigenvalue weighted by molar-refractivity contribution is 5.69. The third-order valence-electron chi connectivity index (χ3n) is 5.60. The molecule has 0 aromatic carbocycles. The highest BCUT2D eigenvalue weighted by atomic mass is 16.6. The molecular weight excluding hydrogens is 384 g/mol. The van der Waals surface area contributed by atoms with Crippen molar-refractivity contribution in [3.8, 4) is 0 Å². The molecule has 176 valence electrons. The van der Waals surface area contributed by atoms with Gasteiger partial charge >= 0.3 is 5.97 Å². The van der Waals surface area contributed by atoms with Crippen LogP contribution in [0.3, 0.4) is 0 Å². The van der Waals surface area contributed by atoms with Crippen LogP contribution in [0.5, 0.6) is 0 Å². The molecule has 0 spiro atoms. The molecule has 1 rings (SSSR count). The number of aliphatic hydroxyl groups is 3. The van der Waals surface area contributed by atoms with Gasteiger partial charge in [0.25, 0.3) is 0 Å². The van der Waals surface area contributed by atoms with E-state index in [9.17, 15) is 20.1 Å². The number of hydrogen-bond donors (Lipinski definition) is 3. The van der Waals surface area contributed by atoms with Crippen molar-refractivity contribution in [2.24, 2.45) is 0 Å². The molecule has 6 heteroatoms. The standard InChI is InChI=1S/C24H44O6/c1-2-3-4-5-6-7-8-9-10-11-12-13-14-15-16-17-22(26)29-19-21-24(28)20(25)18-23(27)30-21/h9-10,20-21,23-25,27-28H,2-8,11-19H2,1H3/b10-9+/t20-,21-,23+,24+/m0/s1. The van der Waals surface area contributed by atoms with E-state index in [1.54, 1.807) is 0 Å². The van der Waals surface area contributed by atoms with Gasteiger partial charge in [0.1, 0.15) is 18.8 Å². The summed E-state index contributed by atoms with van der Waals surface area (Å²) < 4.78 is 10.2. The monoisotopic (exact) mass is 428 g/mol. The molecule has 1 aliphatic heterocycles. The van der Waals surface area contributed by atoms with Crippen molar-refractivity contribution in [3.63, 3.8) is 0 Å². The Bertz CT molecular complexity index is 453. The molecule has 3 N–H and O–H groups in total. The van der Waals surface area contributed by atoms with Crippen molar-refractivity contribution in [1.82, 2.24) is 0 Å². The minimum atomic E-state index is -1.15. The van der Waals surface area contributed by atoms with Crippen molar-refractivity contribution in [1.29, 1.82) is 0 Å². The van der Waals surface area contributed by atoms with E-state index in [2.05, 4.69) is 19.1 Å². The summed E-state index contributed by atoms with van der Waals surface area (Å²) in [7, 11) is 0. The lowest BCUT2D eigenvalue weighted by molar-refractivity contribution is -0.242. The SMILES string of the molecule is CCCCCCCC/C=C/CCCCCCCC(=O)OC[C@@H]1O[C@@H](O)C[C@H](O)[C@H]1O. The third-order valence-corrected chi connectivity index (χ3v) is 5.60. The predicted molar refractivity (Wildman–Crippen MR) is 118 cm³/mol. The number of allylic oxidation sites excluding steroid dienone is 2. The first-order valence-corrected chi connectivity index (χ1v) is 12.0. The van der Waals surface area contributed by atoms with Gasteiger partial charge in [0, 0.05) is 12.8 Å². The maximum Gasteiger partial charge on any atom is 0.305 e. The number of unbranched alkanes of at least 4 members (excludes halogenated alkanes) is 11. The second kappa shape index (κ2) is 17.7. The van der Waals surface area contributed by atoms with Crippen LogP contribution in [0.15, 0.2) is 12.2 Å². The first-order chi connectivity index (χ1) is 14.5. The van der Waals surface area contributed by atoms with Crippen LogP contribution in [0.2, 0.25) is 0 Å². The van der Waals surface area contributed by atoms with Crippen LogP contribution in [0, 0.1) is 0 Å². The Balaban J connectivity index is 1.89. The summed E-state index contributed by atoms with van der Waals surface area (Å²) in [4.78, 5) is 11.8. The lowest BCUT2D eigenvalue weighted by Crippen LogP contribution is -2.50. The van der Waals surface area contributed by atoms with Gasteiger partial charge in [-0.25, -0.2) is 0 Å². The minimum Gasteiger partial charge on any atom is -0.463 e. The van der Waals surface area contributed by atoms with Crippen molar-refractivity contribution < 1.29 is 29.6 Å². The van der Waals surface area contributed by atoms with E-state index in [-0.39, 0.29) is 19.0 Å². The Hall–Kier alpha value is -0.950. The number of aliphatic hydroxyl groups excluding tert-OH is 3. The molecule has 0 aliphatic carbocycles. The molecule has 0 aromatic rings. The van der Waals surface area contributed by atoms with Gasteiger partial charge in [0.15, 0.2) is 6.29 Å². The highest BCUT2D eigenvalue weighted by Crippen LogP contribution is 2.19. The molecule has 0 saturated carbocycles. The number of carbonyl (C=O) groups is 1. The zero-order chi connectivity index (χ0) is 22.0. The zero-order valence-corrected chi connectivity index (χ0v) is 18.8.